The number of hydrogen-bond donors (Lipinski definition) is 1. The van der Waals surface area contributed by atoms with Crippen LogP contribution in [0.15, 0.2) is 36.5 Å². The Bertz CT molecular complexity index is 877. The van der Waals surface area contributed by atoms with Crippen LogP contribution in [-0.2, 0) is 14.8 Å². The van der Waals surface area contributed by atoms with Crippen molar-refractivity contribution in [2.75, 3.05) is 33.1 Å². The largest absolute Gasteiger partial charge is 0.379 e. The van der Waals surface area contributed by atoms with Gasteiger partial charge in [-0.05, 0) is 12.1 Å². The van der Waals surface area contributed by atoms with Crippen molar-refractivity contribution in [3.8, 4) is 0 Å². The first-order valence-corrected chi connectivity index (χ1v) is 9.62. The van der Waals surface area contributed by atoms with Gasteiger partial charge in [-0.3, -0.25) is 9.78 Å². The number of fused-ring (bicyclic) bond motifs is 1. The number of benzene rings is 1. The number of amides is 1. The molecule has 1 amide bonds. The van der Waals surface area contributed by atoms with E-state index in [-0.39, 0.29) is 23.6 Å². The lowest BCUT2D eigenvalue weighted by atomic mass is 10.0. The monoisotopic (exact) mass is 363 g/mol. The van der Waals surface area contributed by atoms with Crippen LogP contribution >= 0.6 is 0 Å². The van der Waals surface area contributed by atoms with E-state index >= 15 is 0 Å². The van der Waals surface area contributed by atoms with Crippen LogP contribution in [0.2, 0.25) is 0 Å². The Kier molecular flexibility index (Phi) is 5.03. The van der Waals surface area contributed by atoms with Crippen LogP contribution in [0, 0.1) is 5.92 Å². The number of carbonyl (C=O) groups is 1. The van der Waals surface area contributed by atoms with E-state index in [0.717, 1.165) is 10.9 Å². The summed E-state index contributed by atoms with van der Waals surface area (Å²) in [6, 6.07) is 8.73. The summed E-state index contributed by atoms with van der Waals surface area (Å²) in [6.07, 6.45) is 1.59. The van der Waals surface area contributed by atoms with E-state index in [1.807, 2.05) is 24.3 Å². The molecular formula is C17H21N3O4S. The normalized spacial score (nSPS) is 20.9. The number of sulfonamides is 1. The van der Waals surface area contributed by atoms with Gasteiger partial charge >= 0.3 is 0 Å². The van der Waals surface area contributed by atoms with Gasteiger partial charge in [0.2, 0.25) is 10.0 Å². The summed E-state index contributed by atoms with van der Waals surface area (Å²) in [5, 5.41) is 3.69. The van der Waals surface area contributed by atoms with Gasteiger partial charge in [-0.25, -0.2) is 12.7 Å². The summed E-state index contributed by atoms with van der Waals surface area (Å²) in [6.45, 7) is 0.623. The number of carbonyl (C=O) groups excluding carboxylic acids is 1. The Hall–Kier alpha value is -2.03. The molecule has 7 nitrogen and oxygen atoms in total. The SMILES string of the molecule is CN(C)S(=O)(=O)C[C@@H]1COC[C@@H]1NC(=O)c1ccnc2ccccc12. The molecule has 25 heavy (non-hydrogen) atoms. The Morgan fingerprint density at radius 1 is 1.28 bits per heavy atom. The number of nitrogens with one attached hydrogen (secondary N) is 1. The van der Waals surface area contributed by atoms with Gasteiger partial charge in [0.1, 0.15) is 0 Å². The van der Waals surface area contributed by atoms with Crippen LogP contribution in [0.3, 0.4) is 0 Å². The van der Waals surface area contributed by atoms with E-state index in [1.165, 1.54) is 18.4 Å². The van der Waals surface area contributed by atoms with Crippen molar-refractivity contribution in [1.82, 2.24) is 14.6 Å². The summed E-state index contributed by atoms with van der Waals surface area (Å²) < 4.78 is 30.8. The van der Waals surface area contributed by atoms with Crippen LogP contribution in [-0.4, -0.2) is 62.7 Å². The second-order valence-corrected chi connectivity index (χ2v) is 8.54. The first-order valence-electron chi connectivity index (χ1n) is 8.01. The van der Waals surface area contributed by atoms with Gasteiger partial charge in [-0.15, -0.1) is 0 Å². The fourth-order valence-electron chi connectivity index (χ4n) is 2.88. The number of hydrogen-bond acceptors (Lipinski definition) is 5. The highest BCUT2D eigenvalue weighted by molar-refractivity contribution is 7.89. The molecule has 8 heteroatoms. The zero-order valence-electron chi connectivity index (χ0n) is 14.2. The molecule has 1 saturated heterocycles. The lowest BCUT2D eigenvalue weighted by Gasteiger charge is -2.21. The molecule has 0 saturated carbocycles. The number of pyridine rings is 1. The fraction of sp³-hybridized carbons (Fsp3) is 0.412. The molecule has 1 aliphatic rings. The summed E-state index contributed by atoms with van der Waals surface area (Å²) in [7, 11) is -0.354. The lowest BCUT2D eigenvalue weighted by molar-refractivity contribution is 0.0927. The third-order valence-corrected chi connectivity index (χ3v) is 6.35. The summed E-state index contributed by atoms with van der Waals surface area (Å²) in [5.74, 6) is -0.576. The van der Waals surface area contributed by atoms with E-state index in [2.05, 4.69) is 10.3 Å². The first-order chi connectivity index (χ1) is 11.9. The number of nitrogens with zero attached hydrogens (tertiary/aromatic N) is 2. The van der Waals surface area contributed by atoms with Crippen molar-refractivity contribution >= 4 is 26.8 Å². The van der Waals surface area contributed by atoms with Crippen molar-refractivity contribution in [3.05, 3.63) is 42.1 Å². The average molecular weight is 363 g/mol. The van der Waals surface area contributed by atoms with E-state index in [4.69, 9.17) is 4.74 Å². The van der Waals surface area contributed by atoms with Crippen LogP contribution in [0.4, 0.5) is 0 Å². The van der Waals surface area contributed by atoms with Crippen molar-refractivity contribution in [2.24, 2.45) is 5.92 Å². The molecule has 1 aliphatic heterocycles. The van der Waals surface area contributed by atoms with Gasteiger partial charge in [0.15, 0.2) is 0 Å². The topological polar surface area (TPSA) is 88.6 Å². The van der Waals surface area contributed by atoms with Crippen LogP contribution < -0.4 is 5.32 Å². The molecule has 1 aromatic carbocycles. The van der Waals surface area contributed by atoms with Crippen LogP contribution in [0.25, 0.3) is 10.9 Å². The summed E-state index contributed by atoms with van der Waals surface area (Å²) in [4.78, 5) is 17.0. The van der Waals surface area contributed by atoms with Gasteiger partial charge in [0.05, 0.1) is 36.1 Å². The van der Waals surface area contributed by atoms with E-state index in [9.17, 15) is 13.2 Å². The molecule has 1 aromatic heterocycles. The van der Waals surface area contributed by atoms with Gasteiger partial charge in [-0.1, -0.05) is 18.2 Å². The molecule has 0 unspecified atom stereocenters. The van der Waals surface area contributed by atoms with Crippen molar-refractivity contribution in [2.45, 2.75) is 6.04 Å². The number of aromatic nitrogens is 1. The van der Waals surface area contributed by atoms with Crippen molar-refractivity contribution in [1.29, 1.82) is 0 Å². The average Bonchev–Trinajstić information content (AvgIpc) is 3.00. The molecule has 2 atom stereocenters. The van der Waals surface area contributed by atoms with Gasteiger partial charge < -0.3 is 10.1 Å². The minimum Gasteiger partial charge on any atom is -0.379 e. The molecule has 1 fully saturated rings. The summed E-state index contributed by atoms with van der Waals surface area (Å²) >= 11 is 0. The minimum atomic E-state index is -3.36. The molecular weight excluding hydrogens is 342 g/mol. The second-order valence-electron chi connectivity index (χ2n) is 6.31. The number of ether oxygens (including phenoxy) is 1. The molecule has 134 valence electrons. The van der Waals surface area contributed by atoms with Crippen molar-refractivity contribution in [3.63, 3.8) is 0 Å². The number of rotatable bonds is 5. The van der Waals surface area contributed by atoms with Gasteiger partial charge in [0, 0.05) is 31.6 Å². The first kappa shape index (κ1) is 17.8. The lowest BCUT2D eigenvalue weighted by Crippen LogP contribution is -2.43. The second kappa shape index (κ2) is 7.07. The Morgan fingerprint density at radius 3 is 2.80 bits per heavy atom. The molecule has 3 rings (SSSR count). The van der Waals surface area contributed by atoms with Crippen LogP contribution in [0.5, 0.6) is 0 Å². The molecule has 1 N–H and O–H groups in total. The third kappa shape index (κ3) is 3.81. The van der Waals surface area contributed by atoms with E-state index in [0.29, 0.717) is 18.8 Å². The van der Waals surface area contributed by atoms with Crippen LogP contribution in [0.1, 0.15) is 10.4 Å². The predicted molar refractivity (Wildman–Crippen MR) is 94.8 cm³/mol. The maximum absolute atomic E-state index is 12.7. The van der Waals surface area contributed by atoms with E-state index < -0.39 is 10.0 Å². The Labute approximate surface area is 147 Å². The van der Waals surface area contributed by atoms with Crippen molar-refractivity contribution < 1.29 is 17.9 Å². The standard InChI is InChI=1S/C17H21N3O4S/c1-20(2)25(22,23)11-12-9-24-10-16(12)19-17(21)14-7-8-18-15-6-4-3-5-13(14)15/h3-8,12,16H,9-11H2,1-2H3,(H,19,21)/t12-,16-/m0/s1. The maximum atomic E-state index is 12.7. The zero-order valence-corrected chi connectivity index (χ0v) is 15.0. The highest BCUT2D eigenvalue weighted by Crippen LogP contribution is 2.20. The van der Waals surface area contributed by atoms with E-state index in [1.54, 1.807) is 12.3 Å². The fourth-order valence-corrected chi connectivity index (χ4v) is 4.05. The predicted octanol–water partition coefficient (Wildman–Crippen LogP) is 0.871. The molecule has 0 spiro atoms. The molecule has 2 heterocycles. The Balaban J connectivity index is 1.78. The van der Waals surface area contributed by atoms with Gasteiger partial charge in [0.25, 0.3) is 5.91 Å². The highest BCUT2D eigenvalue weighted by atomic mass is 32.2. The molecule has 0 bridgehead atoms. The minimum absolute atomic E-state index is 0.0535. The Morgan fingerprint density at radius 2 is 2.04 bits per heavy atom. The highest BCUT2D eigenvalue weighted by Gasteiger charge is 2.34. The molecule has 0 aliphatic carbocycles. The van der Waals surface area contributed by atoms with Gasteiger partial charge in [-0.2, -0.15) is 0 Å². The zero-order chi connectivity index (χ0) is 18.0. The molecule has 0 radical (unpaired) electrons. The third-order valence-electron chi connectivity index (χ3n) is 4.39. The summed E-state index contributed by atoms with van der Waals surface area (Å²) in [5.41, 5.74) is 1.26. The molecule has 2 aromatic rings. The quantitative estimate of drug-likeness (QED) is 0.852. The smallest absolute Gasteiger partial charge is 0.252 e. The maximum Gasteiger partial charge on any atom is 0.252 e. The number of para-hydroxylation sites is 1.